The maximum absolute atomic E-state index is 13.0. The molecule has 0 saturated carbocycles. The van der Waals surface area contributed by atoms with Crippen LogP contribution in [0.4, 0.5) is 18.9 Å². The largest absolute Gasteiger partial charge is 0.418 e. The number of hydrogen-bond donors (Lipinski definition) is 1. The summed E-state index contributed by atoms with van der Waals surface area (Å²) in [5.74, 6) is -0.412. The number of amides is 1. The molecule has 0 unspecified atom stereocenters. The molecule has 1 atom stereocenters. The SMILES string of the molecule is CC(C)N1CCN([C@H](C)C(=O)Nc2ccccc2C(F)(F)F)CC1. The Labute approximate surface area is 140 Å². The average Bonchev–Trinajstić information content (AvgIpc) is 2.53. The smallest absolute Gasteiger partial charge is 0.324 e. The van der Waals surface area contributed by atoms with E-state index in [4.69, 9.17) is 0 Å². The fourth-order valence-electron chi connectivity index (χ4n) is 2.88. The van der Waals surface area contributed by atoms with Crippen LogP contribution in [0.2, 0.25) is 0 Å². The lowest BCUT2D eigenvalue weighted by Gasteiger charge is -2.39. The lowest BCUT2D eigenvalue weighted by molar-refractivity contribution is -0.137. The van der Waals surface area contributed by atoms with Gasteiger partial charge >= 0.3 is 6.18 Å². The van der Waals surface area contributed by atoms with Crippen molar-refractivity contribution in [2.75, 3.05) is 31.5 Å². The Morgan fingerprint density at radius 3 is 2.12 bits per heavy atom. The summed E-state index contributed by atoms with van der Waals surface area (Å²) >= 11 is 0. The first-order valence-corrected chi connectivity index (χ1v) is 8.15. The zero-order chi connectivity index (χ0) is 17.9. The second-order valence-electron chi connectivity index (χ2n) is 6.37. The van der Waals surface area contributed by atoms with Crippen LogP contribution in [0, 0.1) is 0 Å². The summed E-state index contributed by atoms with van der Waals surface area (Å²) in [6.45, 7) is 9.15. The van der Waals surface area contributed by atoms with Crippen LogP contribution >= 0.6 is 0 Å². The molecule has 0 aromatic heterocycles. The van der Waals surface area contributed by atoms with E-state index in [9.17, 15) is 18.0 Å². The van der Waals surface area contributed by atoms with Gasteiger partial charge in [0.2, 0.25) is 5.91 Å². The van der Waals surface area contributed by atoms with E-state index in [-0.39, 0.29) is 5.69 Å². The number of rotatable bonds is 4. The predicted octanol–water partition coefficient (Wildman–Crippen LogP) is 3.06. The molecule has 2 rings (SSSR count). The van der Waals surface area contributed by atoms with Crippen LogP contribution in [-0.2, 0) is 11.0 Å². The molecule has 134 valence electrons. The first-order valence-electron chi connectivity index (χ1n) is 8.15. The molecule has 4 nitrogen and oxygen atoms in total. The van der Waals surface area contributed by atoms with Gasteiger partial charge in [-0.2, -0.15) is 13.2 Å². The third-order valence-electron chi connectivity index (χ3n) is 4.50. The van der Waals surface area contributed by atoms with Gasteiger partial charge in [0.25, 0.3) is 0 Å². The number of carbonyl (C=O) groups is 1. The van der Waals surface area contributed by atoms with Gasteiger partial charge in [-0.3, -0.25) is 14.6 Å². The van der Waals surface area contributed by atoms with Crippen molar-refractivity contribution in [3.05, 3.63) is 29.8 Å². The minimum absolute atomic E-state index is 0.192. The molecule has 1 aromatic rings. The number of nitrogens with zero attached hydrogens (tertiary/aromatic N) is 2. The maximum Gasteiger partial charge on any atom is 0.418 e. The molecule has 1 amide bonds. The van der Waals surface area contributed by atoms with Gasteiger partial charge in [0.1, 0.15) is 0 Å². The van der Waals surface area contributed by atoms with Crippen molar-refractivity contribution in [1.29, 1.82) is 0 Å². The van der Waals surface area contributed by atoms with Gasteiger partial charge in [-0.15, -0.1) is 0 Å². The van der Waals surface area contributed by atoms with Crippen molar-refractivity contribution in [3.8, 4) is 0 Å². The zero-order valence-corrected chi connectivity index (χ0v) is 14.2. The molecule has 1 fully saturated rings. The van der Waals surface area contributed by atoms with Crippen LogP contribution in [0.15, 0.2) is 24.3 Å². The number of nitrogens with one attached hydrogen (secondary N) is 1. The van der Waals surface area contributed by atoms with Crippen molar-refractivity contribution in [2.24, 2.45) is 0 Å². The second-order valence-corrected chi connectivity index (χ2v) is 6.37. The van der Waals surface area contributed by atoms with Gasteiger partial charge in [0.05, 0.1) is 17.3 Å². The van der Waals surface area contributed by atoms with Crippen LogP contribution in [0.25, 0.3) is 0 Å². The average molecular weight is 343 g/mol. The normalized spacial score (nSPS) is 18.6. The quantitative estimate of drug-likeness (QED) is 0.913. The zero-order valence-electron chi connectivity index (χ0n) is 14.2. The van der Waals surface area contributed by atoms with E-state index in [0.717, 1.165) is 32.2 Å². The molecular weight excluding hydrogens is 319 g/mol. The Morgan fingerprint density at radius 2 is 1.58 bits per heavy atom. The Kier molecular flexibility index (Phi) is 5.87. The number of para-hydroxylation sites is 1. The summed E-state index contributed by atoms with van der Waals surface area (Å²) < 4.78 is 39.0. The van der Waals surface area contributed by atoms with E-state index in [2.05, 4.69) is 24.1 Å². The summed E-state index contributed by atoms with van der Waals surface area (Å²) in [7, 11) is 0. The topological polar surface area (TPSA) is 35.6 Å². The molecular formula is C17H24F3N3O. The van der Waals surface area contributed by atoms with E-state index in [1.54, 1.807) is 6.92 Å². The van der Waals surface area contributed by atoms with Crippen molar-refractivity contribution in [3.63, 3.8) is 0 Å². The van der Waals surface area contributed by atoms with Crippen LogP contribution in [0.1, 0.15) is 26.3 Å². The standard InChI is InChI=1S/C17H24F3N3O/c1-12(2)22-8-10-23(11-9-22)13(3)16(24)21-15-7-5-4-6-14(15)17(18,19)20/h4-7,12-13H,8-11H2,1-3H3,(H,21,24)/t13-/m1/s1. The highest BCUT2D eigenvalue weighted by atomic mass is 19.4. The van der Waals surface area contributed by atoms with E-state index in [1.807, 2.05) is 4.90 Å². The Bertz CT molecular complexity index is 566. The summed E-state index contributed by atoms with van der Waals surface area (Å²) in [5.41, 5.74) is -1.02. The van der Waals surface area contributed by atoms with E-state index < -0.39 is 23.7 Å². The van der Waals surface area contributed by atoms with Crippen molar-refractivity contribution >= 4 is 11.6 Å². The third-order valence-corrected chi connectivity index (χ3v) is 4.50. The molecule has 1 aromatic carbocycles. The number of hydrogen-bond acceptors (Lipinski definition) is 3. The van der Waals surface area contributed by atoms with Crippen LogP contribution in [-0.4, -0.2) is 54.0 Å². The van der Waals surface area contributed by atoms with E-state index >= 15 is 0 Å². The predicted molar refractivity (Wildman–Crippen MR) is 87.8 cm³/mol. The van der Waals surface area contributed by atoms with Crippen molar-refractivity contribution in [1.82, 2.24) is 9.80 Å². The minimum Gasteiger partial charge on any atom is -0.324 e. The highest BCUT2D eigenvalue weighted by molar-refractivity contribution is 5.95. The van der Waals surface area contributed by atoms with Crippen LogP contribution in [0.5, 0.6) is 0 Å². The van der Waals surface area contributed by atoms with Crippen molar-refractivity contribution in [2.45, 2.75) is 39.0 Å². The summed E-state index contributed by atoms with van der Waals surface area (Å²) in [4.78, 5) is 16.7. The monoisotopic (exact) mass is 343 g/mol. The van der Waals surface area contributed by atoms with Gasteiger partial charge in [-0.05, 0) is 32.9 Å². The number of anilines is 1. The molecule has 1 aliphatic heterocycles. The number of halogens is 3. The molecule has 1 aliphatic rings. The molecule has 0 bridgehead atoms. The molecule has 0 aliphatic carbocycles. The maximum atomic E-state index is 13.0. The minimum atomic E-state index is -4.49. The first kappa shape index (κ1) is 18.7. The van der Waals surface area contributed by atoms with Gasteiger partial charge in [-0.1, -0.05) is 12.1 Å². The lowest BCUT2D eigenvalue weighted by atomic mass is 10.1. The number of carbonyl (C=O) groups excluding carboxylic acids is 1. The molecule has 7 heteroatoms. The van der Waals surface area contributed by atoms with E-state index in [1.165, 1.54) is 18.2 Å². The summed E-state index contributed by atoms with van der Waals surface area (Å²) in [6.07, 6.45) is -4.49. The van der Waals surface area contributed by atoms with Gasteiger partial charge in [0, 0.05) is 32.2 Å². The second kappa shape index (κ2) is 7.53. The fourth-order valence-corrected chi connectivity index (χ4v) is 2.88. The summed E-state index contributed by atoms with van der Waals surface area (Å²) in [6, 6.07) is 5.03. The number of benzene rings is 1. The van der Waals surface area contributed by atoms with Crippen LogP contribution < -0.4 is 5.32 Å². The number of piperazine rings is 1. The lowest BCUT2D eigenvalue weighted by Crippen LogP contribution is -2.54. The van der Waals surface area contributed by atoms with Crippen LogP contribution in [0.3, 0.4) is 0 Å². The molecule has 1 N–H and O–H groups in total. The first-order chi connectivity index (χ1) is 11.2. The molecule has 0 radical (unpaired) electrons. The molecule has 1 heterocycles. The van der Waals surface area contributed by atoms with Gasteiger partial charge in [0.15, 0.2) is 0 Å². The highest BCUT2D eigenvalue weighted by Crippen LogP contribution is 2.34. The Morgan fingerprint density at radius 1 is 1.04 bits per heavy atom. The van der Waals surface area contributed by atoms with E-state index in [0.29, 0.717) is 6.04 Å². The molecule has 1 saturated heterocycles. The number of alkyl halides is 3. The third kappa shape index (κ3) is 4.48. The molecule has 0 spiro atoms. The van der Waals surface area contributed by atoms with Gasteiger partial charge < -0.3 is 5.32 Å². The highest BCUT2D eigenvalue weighted by Gasteiger charge is 2.34. The van der Waals surface area contributed by atoms with Gasteiger partial charge in [-0.25, -0.2) is 0 Å². The van der Waals surface area contributed by atoms with Crippen molar-refractivity contribution < 1.29 is 18.0 Å². The summed E-state index contributed by atoms with van der Waals surface area (Å²) in [5, 5.41) is 2.43. The Hall–Kier alpha value is -1.60. The molecule has 24 heavy (non-hydrogen) atoms. The fraction of sp³-hybridized carbons (Fsp3) is 0.588. The Balaban J connectivity index is 2.01.